The molecular weight excluding hydrogens is 286 g/mol. The lowest BCUT2D eigenvalue weighted by atomic mass is 10.0. The standard InChI is InChI=1S/C19H23N3O/c23-18(22-16-10-4-5-11-16)14-21-19(15-8-2-1-3-9-15)17-12-6-7-13-20-17/h1-3,6-9,12-13,16,19,21H,4-5,10-11,14H2,(H,22,23). The number of carbonyl (C=O) groups is 1. The van der Waals surface area contributed by atoms with Gasteiger partial charge < -0.3 is 5.32 Å². The van der Waals surface area contributed by atoms with Crippen molar-refractivity contribution in [3.63, 3.8) is 0 Å². The normalized spacial score (nSPS) is 16.2. The van der Waals surface area contributed by atoms with Crippen molar-refractivity contribution in [1.29, 1.82) is 0 Å². The first-order valence-electron chi connectivity index (χ1n) is 8.31. The summed E-state index contributed by atoms with van der Waals surface area (Å²) in [5, 5.41) is 6.47. The molecule has 4 heteroatoms. The Morgan fingerprint density at radius 1 is 1.09 bits per heavy atom. The van der Waals surface area contributed by atoms with Crippen molar-refractivity contribution in [2.45, 2.75) is 37.8 Å². The Kier molecular flexibility index (Phi) is 5.37. The third-order valence-electron chi connectivity index (χ3n) is 4.30. The van der Waals surface area contributed by atoms with E-state index in [1.165, 1.54) is 12.8 Å². The van der Waals surface area contributed by atoms with Gasteiger partial charge in [-0.3, -0.25) is 15.1 Å². The molecule has 1 aliphatic carbocycles. The van der Waals surface area contributed by atoms with Crippen molar-refractivity contribution in [3.8, 4) is 0 Å². The van der Waals surface area contributed by atoms with Crippen LogP contribution in [-0.2, 0) is 4.79 Å². The van der Waals surface area contributed by atoms with Crippen LogP contribution in [0.15, 0.2) is 54.7 Å². The van der Waals surface area contributed by atoms with E-state index in [0.29, 0.717) is 12.6 Å². The topological polar surface area (TPSA) is 54.0 Å². The molecule has 0 radical (unpaired) electrons. The number of nitrogens with zero attached hydrogens (tertiary/aromatic N) is 1. The molecule has 1 heterocycles. The maximum atomic E-state index is 12.2. The average molecular weight is 309 g/mol. The van der Waals surface area contributed by atoms with Gasteiger partial charge in [0.15, 0.2) is 0 Å². The summed E-state index contributed by atoms with van der Waals surface area (Å²) in [6, 6.07) is 16.3. The quantitative estimate of drug-likeness (QED) is 0.863. The maximum Gasteiger partial charge on any atom is 0.234 e. The largest absolute Gasteiger partial charge is 0.352 e. The summed E-state index contributed by atoms with van der Waals surface area (Å²) >= 11 is 0. The smallest absolute Gasteiger partial charge is 0.234 e. The molecule has 0 saturated heterocycles. The first kappa shape index (κ1) is 15.7. The van der Waals surface area contributed by atoms with Gasteiger partial charge in [0.05, 0.1) is 18.3 Å². The van der Waals surface area contributed by atoms with Gasteiger partial charge in [0, 0.05) is 12.2 Å². The summed E-state index contributed by atoms with van der Waals surface area (Å²) < 4.78 is 0. The monoisotopic (exact) mass is 309 g/mol. The minimum atomic E-state index is -0.0771. The van der Waals surface area contributed by atoms with Crippen molar-refractivity contribution in [2.75, 3.05) is 6.54 Å². The summed E-state index contributed by atoms with van der Waals surface area (Å²) in [7, 11) is 0. The van der Waals surface area contributed by atoms with Crippen LogP contribution in [0, 0.1) is 0 Å². The third-order valence-corrected chi connectivity index (χ3v) is 4.30. The van der Waals surface area contributed by atoms with Crippen molar-refractivity contribution < 1.29 is 4.79 Å². The van der Waals surface area contributed by atoms with E-state index in [4.69, 9.17) is 0 Å². The Hall–Kier alpha value is -2.20. The van der Waals surface area contributed by atoms with Crippen molar-refractivity contribution in [2.24, 2.45) is 0 Å². The Bertz CT molecular complexity index is 570. The lowest BCUT2D eigenvalue weighted by Gasteiger charge is -2.19. The molecule has 23 heavy (non-hydrogen) atoms. The highest BCUT2D eigenvalue weighted by Gasteiger charge is 2.19. The number of nitrogens with one attached hydrogen (secondary N) is 2. The van der Waals surface area contributed by atoms with Crippen molar-refractivity contribution >= 4 is 5.91 Å². The zero-order valence-corrected chi connectivity index (χ0v) is 13.2. The second-order valence-corrected chi connectivity index (χ2v) is 6.03. The highest BCUT2D eigenvalue weighted by Crippen LogP contribution is 2.20. The van der Waals surface area contributed by atoms with Crippen LogP contribution in [0.5, 0.6) is 0 Å². The highest BCUT2D eigenvalue weighted by molar-refractivity contribution is 5.78. The van der Waals surface area contributed by atoms with Gasteiger partial charge in [-0.15, -0.1) is 0 Å². The van der Waals surface area contributed by atoms with Gasteiger partial charge in [0.2, 0.25) is 5.91 Å². The third kappa shape index (κ3) is 4.39. The summed E-state index contributed by atoms with van der Waals surface area (Å²) in [4.78, 5) is 16.6. The summed E-state index contributed by atoms with van der Waals surface area (Å²) in [6.07, 6.45) is 6.44. The zero-order chi connectivity index (χ0) is 15.9. The molecule has 1 saturated carbocycles. The number of hydrogen-bond acceptors (Lipinski definition) is 3. The molecule has 1 aromatic heterocycles. The number of rotatable bonds is 6. The average Bonchev–Trinajstić information content (AvgIpc) is 3.10. The number of hydrogen-bond donors (Lipinski definition) is 2. The predicted molar refractivity (Wildman–Crippen MR) is 90.9 cm³/mol. The van der Waals surface area contributed by atoms with E-state index in [1.54, 1.807) is 6.20 Å². The lowest BCUT2D eigenvalue weighted by Crippen LogP contribution is -2.40. The molecule has 1 aromatic carbocycles. The van der Waals surface area contributed by atoms with Crippen LogP contribution >= 0.6 is 0 Å². The van der Waals surface area contributed by atoms with Crippen molar-refractivity contribution in [1.82, 2.24) is 15.6 Å². The molecule has 4 nitrogen and oxygen atoms in total. The Morgan fingerprint density at radius 2 is 1.83 bits per heavy atom. The first-order valence-corrected chi connectivity index (χ1v) is 8.31. The fourth-order valence-corrected chi connectivity index (χ4v) is 3.13. The zero-order valence-electron chi connectivity index (χ0n) is 13.2. The minimum absolute atomic E-state index is 0.0637. The summed E-state index contributed by atoms with van der Waals surface area (Å²) in [6.45, 7) is 0.298. The van der Waals surface area contributed by atoms with Crippen LogP contribution in [0.4, 0.5) is 0 Å². The molecule has 1 atom stereocenters. The van der Waals surface area contributed by atoms with E-state index in [0.717, 1.165) is 24.1 Å². The van der Waals surface area contributed by atoms with Gasteiger partial charge in [-0.2, -0.15) is 0 Å². The Morgan fingerprint density at radius 3 is 2.52 bits per heavy atom. The van der Waals surface area contributed by atoms with Gasteiger partial charge >= 0.3 is 0 Å². The molecule has 0 spiro atoms. The van der Waals surface area contributed by atoms with Crippen molar-refractivity contribution in [3.05, 3.63) is 66.0 Å². The molecule has 2 N–H and O–H groups in total. The van der Waals surface area contributed by atoms with Gasteiger partial charge in [-0.05, 0) is 30.5 Å². The van der Waals surface area contributed by atoms with Crippen LogP contribution < -0.4 is 10.6 Å². The van der Waals surface area contributed by atoms with E-state index in [1.807, 2.05) is 36.4 Å². The van der Waals surface area contributed by atoms with Crippen LogP contribution in [0.25, 0.3) is 0 Å². The molecule has 3 rings (SSSR count). The molecular formula is C19H23N3O. The number of carbonyl (C=O) groups excluding carboxylic acids is 1. The number of aromatic nitrogens is 1. The Labute approximate surface area is 137 Å². The van der Waals surface area contributed by atoms with E-state index in [2.05, 4.69) is 27.8 Å². The molecule has 120 valence electrons. The molecule has 1 fully saturated rings. The lowest BCUT2D eigenvalue weighted by molar-refractivity contribution is -0.121. The van der Waals surface area contributed by atoms with E-state index >= 15 is 0 Å². The predicted octanol–water partition coefficient (Wildman–Crippen LogP) is 2.82. The molecule has 0 aliphatic heterocycles. The Balaban J connectivity index is 1.65. The maximum absolute atomic E-state index is 12.2. The summed E-state index contributed by atoms with van der Waals surface area (Å²) in [5.74, 6) is 0.0637. The highest BCUT2D eigenvalue weighted by atomic mass is 16.2. The van der Waals surface area contributed by atoms with E-state index < -0.39 is 0 Å². The minimum Gasteiger partial charge on any atom is -0.352 e. The van der Waals surface area contributed by atoms with Gasteiger partial charge in [-0.1, -0.05) is 49.2 Å². The van der Waals surface area contributed by atoms with E-state index in [-0.39, 0.29) is 11.9 Å². The molecule has 1 amide bonds. The van der Waals surface area contributed by atoms with E-state index in [9.17, 15) is 4.79 Å². The SMILES string of the molecule is O=C(CNC(c1ccccc1)c1ccccn1)NC1CCCC1. The molecule has 1 aliphatic rings. The van der Waals surface area contributed by atoms with Gasteiger partial charge in [-0.25, -0.2) is 0 Å². The fourth-order valence-electron chi connectivity index (χ4n) is 3.13. The second kappa shape index (κ2) is 7.88. The van der Waals surface area contributed by atoms with Gasteiger partial charge in [0.1, 0.15) is 0 Å². The van der Waals surface area contributed by atoms with Crippen LogP contribution in [0.1, 0.15) is 43.0 Å². The number of benzene rings is 1. The number of pyridine rings is 1. The second-order valence-electron chi connectivity index (χ2n) is 6.03. The fraction of sp³-hybridized carbons (Fsp3) is 0.368. The first-order chi connectivity index (χ1) is 11.3. The van der Waals surface area contributed by atoms with Gasteiger partial charge in [0.25, 0.3) is 0 Å². The number of amides is 1. The molecule has 1 unspecified atom stereocenters. The van der Waals surface area contributed by atoms with Crippen LogP contribution in [0.3, 0.4) is 0 Å². The summed E-state index contributed by atoms with van der Waals surface area (Å²) in [5.41, 5.74) is 2.03. The molecule has 2 aromatic rings. The van der Waals surface area contributed by atoms with Crippen LogP contribution in [-0.4, -0.2) is 23.5 Å². The van der Waals surface area contributed by atoms with Crippen LogP contribution in [0.2, 0.25) is 0 Å². The molecule has 0 bridgehead atoms.